The lowest BCUT2D eigenvalue weighted by atomic mass is 10.1. The molecule has 0 fully saturated rings. The van der Waals surface area contributed by atoms with E-state index in [1.54, 1.807) is 12.2 Å². The third-order valence-electron chi connectivity index (χ3n) is 1.85. The normalized spacial score (nSPS) is 10.6. The molecule has 0 aliphatic rings. The zero-order chi connectivity index (χ0) is 9.68. The summed E-state index contributed by atoms with van der Waals surface area (Å²) in [6, 6.07) is 8.05. The van der Waals surface area contributed by atoms with Gasteiger partial charge in [-0.3, -0.25) is 4.79 Å². The van der Waals surface area contributed by atoms with Gasteiger partial charge in [-0.25, -0.2) is 0 Å². The van der Waals surface area contributed by atoms with E-state index in [1.807, 2.05) is 38.1 Å². The van der Waals surface area contributed by atoms with Gasteiger partial charge in [-0.2, -0.15) is 0 Å². The summed E-state index contributed by atoms with van der Waals surface area (Å²) in [7, 11) is 0. The number of ketones is 1. The Kier molecular flexibility index (Phi) is 3.44. The molecule has 0 aliphatic heterocycles. The van der Waals surface area contributed by atoms with Crippen molar-refractivity contribution in [2.75, 3.05) is 0 Å². The minimum Gasteiger partial charge on any atom is -0.294 e. The first-order valence-electron chi connectivity index (χ1n) is 4.43. The van der Waals surface area contributed by atoms with Gasteiger partial charge in [-0.05, 0) is 25.5 Å². The molecule has 1 rings (SSSR count). The summed E-state index contributed by atoms with van der Waals surface area (Å²) < 4.78 is 0. The number of benzene rings is 1. The van der Waals surface area contributed by atoms with Gasteiger partial charge in [-0.1, -0.05) is 35.9 Å². The Bertz CT molecular complexity index is 306. The molecule has 0 heterocycles. The van der Waals surface area contributed by atoms with Crippen LogP contribution < -0.4 is 0 Å². The summed E-state index contributed by atoms with van der Waals surface area (Å²) in [4.78, 5) is 11.2. The van der Waals surface area contributed by atoms with E-state index in [0.717, 1.165) is 5.56 Å². The van der Waals surface area contributed by atoms with Crippen molar-refractivity contribution in [2.24, 2.45) is 0 Å². The predicted octanol–water partition coefficient (Wildman–Crippen LogP) is 2.68. The molecule has 0 amide bonds. The second kappa shape index (κ2) is 4.61. The van der Waals surface area contributed by atoms with Gasteiger partial charge in [0.05, 0.1) is 0 Å². The number of hydrogen-bond acceptors (Lipinski definition) is 1. The van der Waals surface area contributed by atoms with Gasteiger partial charge < -0.3 is 0 Å². The van der Waals surface area contributed by atoms with Crippen LogP contribution in [0.5, 0.6) is 0 Å². The van der Waals surface area contributed by atoms with Crippen LogP contribution in [0.4, 0.5) is 0 Å². The molecule has 0 unspecified atom stereocenters. The highest BCUT2D eigenvalue weighted by Gasteiger charge is 1.97. The fourth-order valence-corrected chi connectivity index (χ4v) is 1.15. The van der Waals surface area contributed by atoms with Crippen LogP contribution in [0.25, 0.3) is 0 Å². The summed E-state index contributed by atoms with van der Waals surface area (Å²) in [6.45, 7) is 3.89. The largest absolute Gasteiger partial charge is 0.294 e. The molecular weight excluding hydrogens is 160 g/mol. The number of carbonyl (C=O) groups is 1. The highest BCUT2D eigenvalue weighted by molar-refractivity contribution is 5.91. The number of allylic oxidation sites excluding steroid dienone is 2. The Hall–Kier alpha value is -1.37. The summed E-state index contributed by atoms with van der Waals surface area (Å²) in [5.74, 6) is 0.159. The Morgan fingerprint density at radius 3 is 2.46 bits per heavy atom. The van der Waals surface area contributed by atoms with Crippen molar-refractivity contribution in [3.63, 3.8) is 0 Å². The van der Waals surface area contributed by atoms with Crippen molar-refractivity contribution in [1.29, 1.82) is 0 Å². The molecule has 0 aromatic heterocycles. The van der Waals surface area contributed by atoms with E-state index in [1.165, 1.54) is 5.56 Å². The zero-order valence-corrected chi connectivity index (χ0v) is 8.08. The van der Waals surface area contributed by atoms with Crippen molar-refractivity contribution in [3.05, 3.63) is 47.5 Å². The lowest BCUT2D eigenvalue weighted by molar-refractivity contribution is -0.114. The van der Waals surface area contributed by atoms with Gasteiger partial charge in [0.2, 0.25) is 0 Å². The maximum Gasteiger partial charge on any atom is 0.159 e. The molecule has 1 nitrogen and oxygen atoms in total. The minimum absolute atomic E-state index is 0.159. The van der Waals surface area contributed by atoms with Crippen LogP contribution in [0.1, 0.15) is 18.1 Å². The van der Waals surface area contributed by atoms with Crippen molar-refractivity contribution in [2.45, 2.75) is 20.3 Å². The first kappa shape index (κ1) is 9.72. The Balaban J connectivity index is 2.64. The lowest BCUT2D eigenvalue weighted by Crippen LogP contribution is -1.97. The van der Waals surface area contributed by atoms with E-state index in [-0.39, 0.29) is 5.78 Å². The number of aryl methyl sites for hydroxylation is 1. The van der Waals surface area contributed by atoms with Gasteiger partial charge in [0.25, 0.3) is 0 Å². The van der Waals surface area contributed by atoms with Crippen LogP contribution in [-0.4, -0.2) is 5.78 Å². The molecule has 0 bridgehead atoms. The van der Waals surface area contributed by atoms with E-state index < -0.39 is 0 Å². The fraction of sp³-hybridized carbons (Fsp3) is 0.250. The number of rotatable bonds is 3. The zero-order valence-electron chi connectivity index (χ0n) is 8.08. The van der Waals surface area contributed by atoms with Crippen LogP contribution in [-0.2, 0) is 11.2 Å². The monoisotopic (exact) mass is 174 g/mol. The molecule has 0 saturated heterocycles. The molecule has 1 aromatic rings. The van der Waals surface area contributed by atoms with Crippen molar-refractivity contribution in [1.82, 2.24) is 0 Å². The van der Waals surface area contributed by atoms with Crippen LogP contribution in [0.15, 0.2) is 36.4 Å². The van der Waals surface area contributed by atoms with Crippen molar-refractivity contribution < 1.29 is 4.79 Å². The summed E-state index contributed by atoms with van der Waals surface area (Å²) >= 11 is 0. The first-order valence-corrected chi connectivity index (χ1v) is 4.43. The van der Waals surface area contributed by atoms with E-state index in [0.29, 0.717) is 6.42 Å². The topological polar surface area (TPSA) is 17.1 Å². The molecule has 1 aromatic carbocycles. The molecule has 13 heavy (non-hydrogen) atoms. The fourth-order valence-electron chi connectivity index (χ4n) is 1.15. The maximum atomic E-state index is 11.2. The minimum atomic E-state index is 0.159. The average molecular weight is 174 g/mol. The van der Waals surface area contributed by atoms with E-state index in [4.69, 9.17) is 0 Å². The SMILES string of the molecule is CC=CC(=O)Cc1ccc(C)cc1. The van der Waals surface area contributed by atoms with Crippen LogP contribution in [0.2, 0.25) is 0 Å². The molecule has 0 aliphatic carbocycles. The first-order chi connectivity index (χ1) is 6.22. The molecule has 0 radical (unpaired) electrons. The average Bonchev–Trinajstić information content (AvgIpc) is 2.09. The van der Waals surface area contributed by atoms with Crippen molar-refractivity contribution in [3.8, 4) is 0 Å². The van der Waals surface area contributed by atoms with E-state index in [9.17, 15) is 4.79 Å². The highest BCUT2D eigenvalue weighted by atomic mass is 16.1. The highest BCUT2D eigenvalue weighted by Crippen LogP contribution is 2.04. The molecule has 68 valence electrons. The van der Waals surface area contributed by atoms with Crippen LogP contribution in [0, 0.1) is 6.92 Å². The van der Waals surface area contributed by atoms with Gasteiger partial charge >= 0.3 is 0 Å². The molecule has 0 atom stereocenters. The lowest BCUT2D eigenvalue weighted by Gasteiger charge is -1.97. The Labute approximate surface area is 79.1 Å². The Morgan fingerprint density at radius 1 is 1.31 bits per heavy atom. The molecular formula is C12H14O. The smallest absolute Gasteiger partial charge is 0.159 e. The third kappa shape index (κ3) is 3.24. The summed E-state index contributed by atoms with van der Waals surface area (Å²) in [5.41, 5.74) is 2.30. The molecule has 0 saturated carbocycles. The standard InChI is InChI=1S/C12H14O/c1-3-4-12(13)9-11-7-5-10(2)6-8-11/h3-8H,9H2,1-2H3. The Morgan fingerprint density at radius 2 is 1.92 bits per heavy atom. The van der Waals surface area contributed by atoms with Gasteiger partial charge in [0.1, 0.15) is 0 Å². The van der Waals surface area contributed by atoms with Crippen molar-refractivity contribution >= 4 is 5.78 Å². The van der Waals surface area contributed by atoms with Gasteiger partial charge in [0.15, 0.2) is 5.78 Å². The quantitative estimate of drug-likeness (QED) is 0.644. The number of carbonyl (C=O) groups excluding carboxylic acids is 1. The van der Waals surface area contributed by atoms with Gasteiger partial charge in [0, 0.05) is 6.42 Å². The second-order valence-electron chi connectivity index (χ2n) is 3.13. The summed E-state index contributed by atoms with van der Waals surface area (Å²) in [6.07, 6.45) is 3.89. The molecule has 0 spiro atoms. The van der Waals surface area contributed by atoms with Crippen LogP contribution in [0.3, 0.4) is 0 Å². The predicted molar refractivity (Wildman–Crippen MR) is 54.7 cm³/mol. The third-order valence-corrected chi connectivity index (χ3v) is 1.85. The number of hydrogen-bond donors (Lipinski definition) is 0. The maximum absolute atomic E-state index is 11.2. The second-order valence-corrected chi connectivity index (χ2v) is 3.13. The van der Waals surface area contributed by atoms with Gasteiger partial charge in [-0.15, -0.1) is 0 Å². The van der Waals surface area contributed by atoms with Crippen LogP contribution >= 0.6 is 0 Å². The van der Waals surface area contributed by atoms with E-state index >= 15 is 0 Å². The van der Waals surface area contributed by atoms with E-state index in [2.05, 4.69) is 0 Å². The summed E-state index contributed by atoms with van der Waals surface area (Å²) in [5, 5.41) is 0. The molecule has 0 N–H and O–H groups in total. The molecule has 1 heteroatoms.